The van der Waals surface area contributed by atoms with E-state index in [1.807, 2.05) is 28.0 Å². The van der Waals surface area contributed by atoms with Crippen LogP contribution < -0.4 is 0 Å². The van der Waals surface area contributed by atoms with Gasteiger partial charge in [0.2, 0.25) is 0 Å². The molecule has 0 N–H and O–H groups in total. The van der Waals surface area contributed by atoms with Crippen molar-refractivity contribution in [3.05, 3.63) is 35.4 Å². The largest absolute Gasteiger partial charge is 0.465 e. The summed E-state index contributed by atoms with van der Waals surface area (Å²) >= 11 is 0. The minimum Gasteiger partial charge on any atom is -0.465 e. The lowest BCUT2D eigenvalue weighted by atomic mass is 10.1. The molecular weight excluding hydrogens is 306 g/mol. The molecule has 0 aliphatic carbocycles. The van der Waals surface area contributed by atoms with Gasteiger partial charge in [-0.15, -0.1) is 0 Å². The first-order valence-electron chi connectivity index (χ1n) is 8.61. The van der Waals surface area contributed by atoms with E-state index in [0.717, 1.165) is 64.2 Å². The highest BCUT2D eigenvalue weighted by molar-refractivity contribution is 5.89. The molecule has 0 atom stereocenters. The molecule has 3 rings (SSSR count). The van der Waals surface area contributed by atoms with Gasteiger partial charge in [0.05, 0.1) is 12.7 Å². The Morgan fingerprint density at radius 1 is 1.00 bits per heavy atom. The van der Waals surface area contributed by atoms with Crippen molar-refractivity contribution in [1.29, 1.82) is 0 Å². The summed E-state index contributed by atoms with van der Waals surface area (Å²) in [6, 6.07) is 7.75. The van der Waals surface area contributed by atoms with Gasteiger partial charge in [0.15, 0.2) is 0 Å². The standard InChI is InChI=1S/C18H25N3O3/c1-24-17(22)16-6-4-5-15(13-16)14-19-9-11-21(12-10-19)18(23)20-7-2-3-8-20/h4-6,13H,2-3,7-12,14H2,1H3. The molecule has 1 aromatic carbocycles. The summed E-state index contributed by atoms with van der Waals surface area (Å²) in [4.78, 5) is 30.3. The first-order valence-corrected chi connectivity index (χ1v) is 8.61. The number of hydrogen-bond acceptors (Lipinski definition) is 4. The summed E-state index contributed by atoms with van der Waals surface area (Å²) in [5.74, 6) is -0.308. The van der Waals surface area contributed by atoms with Crippen LogP contribution in [0.2, 0.25) is 0 Å². The molecule has 0 unspecified atom stereocenters. The van der Waals surface area contributed by atoms with Gasteiger partial charge in [0, 0.05) is 45.8 Å². The summed E-state index contributed by atoms with van der Waals surface area (Å²) in [5, 5.41) is 0. The van der Waals surface area contributed by atoms with Crippen molar-refractivity contribution >= 4 is 12.0 Å². The molecule has 2 heterocycles. The molecule has 2 fully saturated rings. The maximum absolute atomic E-state index is 12.4. The number of amides is 2. The Morgan fingerprint density at radius 2 is 1.67 bits per heavy atom. The zero-order chi connectivity index (χ0) is 16.9. The number of methoxy groups -OCH3 is 1. The molecule has 2 amide bonds. The normalized spacial score (nSPS) is 18.7. The lowest BCUT2D eigenvalue weighted by Crippen LogP contribution is -2.52. The molecule has 2 aliphatic heterocycles. The van der Waals surface area contributed by atoms with Crippen LogP contribution in [0.15, 0.2) is 24.3 Å². The molecule has 24 heavy (non-hydrogen) atoms. The fourth-order valence-corrected chi connectivity index (χ4v) is 3.38. The van der Waals surface area contributed by atoms with E-state index in [2.05, 4.69) is 4.90 Å². The highest BCUT2D eigenvalue weighted by Crippen LogP contribution is 2.15. The summed E-state index contributed by atoms with van der Waals surface area (Å²) < 4.78 is 4.77. The van der Waals surface area contributed by atoms with Crippen molar-refractivity contribution in [1.82, 2.24) is 14.7 Å². The number of likely N-dealkylation sites (tertiary alicyclic amines) is 1. The molecule has 0 radical (unpaired) electrons. The number of carbonyl (C=O) groups excluding carboxylic acids is 2. The number of piperazine rings is 1. The molecule has 2 aliphatic rings. The number of benzene rings is 1. The molecule has 2 saturated heterocycles. The van der Waals surface area contributed by atoms with Crippen LogP contribution in [-0.4, -0.2) is 73.1 Å². The lowest BCUT2D eigenvalue weighted by Gasteiger charge is -2.36. The molecule has 0 aromatic heterocycles. The van der Waals surface area contributed by atoms with Gasteiger partial charge in [-0.25, -0.2) is 9.59 Å². The molecule has 1 aromatic rings. The van der Waals surface area contributed by atoms with Gasteiger partial charge >= 0.3 is 12.0 Å². The Bertz CT molecular complexity index is 591. The van der Waals surface area contributed by atoms with E-state index >= 15 is 0 Å². The van der Waals surface area contributed by atoms with Crippen LogP contribution in [0, 0.1) is 0 Å². The van der Waals surface area contributed by atoms with E-state index in [1.165, 1.54) is 7.11 Å². The van der Waals surface area contributed by atoms with Crippen LogP contribution in [0.3, 0.4) is 0 Å². The fraction of sp³-hybridized carbons (Fsp3) is 0.556. The number of ether oxygens (including phenoxy) is 1. The zero-order valence-electron chi connectivity index (χ0n) is 14.2. The Morgan fingerprint density at radius 3 is 2.33 bits per heavy atom. The summed E-state index contributed by atoms with van der Waals surface area (Å²) in [5.41, 5.74) is 1.68. The van der Waals surface area contributed by atoms with Gasteiger partial charge in [-0.3, -0.25) is 4.90 Å². The fourth-order valence-electron chi connectivity index (χ4n) is 3.38. The highest BCUT2D eigenvalue weighted by atomic mass is 16.5. The quantitative estimate of drug-likeness (QED) is 0.793. The third-order valence-corrected chi connectivity index (χ3v) is 4.77. The number of nitrogens with zero attached hydrogens (tertiary/aromatic N) is 3. The van der Waals surface area contributed by atoms with Crippen molar-refractivity contribution < 1.29 is 14.3 Å². The topological polar surface area (TPSA) is 53.1 Å². The Labute approximate surface area is 143 Å². The third kappa shape index (κ3) is 3.87. The van der Waals surface area contributed by atoms with E-state index in [1.54, 1.807) is 6.07 Å². The van der Waals surface area contributed by atoms with Gasteiger partial charge in [-0.1, -0.05) is 12.1 Å². The maximum atomic E-state index is 12.4. The predicted molar refractivity (Wildman–Crippen MR) is 90.8 cm³/mol. The lowest BCUT2D eigenvalue weighted by molar-refractivity contribution is 0.0600. The van der Waals surface area contributed by atoms with Crippen LogP contribution in [0.1, 0.15) is 28.8 Å². The molecule has 0 spiro atoms. The Balaban J connectivity index is 1.52. The second-order valence-electron chi connectivity index (χ2n) is 6.43. The predicted octanol–water partition coefficient (Wildman–Crippen LogP) is 1.81. The smallest absolute Gasteiger partial charge is 0.337 e. The van der Waals surface area contributed by atoms with Crippen LogP contribution in [0.25, 0.3) is 0 Å². The van der Waals surface area contributed by atoms with Crippen molar-refractivity contribution in [2.75, 3.05) is 46.4 Å². The summed E-state index contributed by atoms with van der Waals surface area (Å²) in [6.45, 7) is 5.86. The summed E-state index contributed by atoms with van der Waals surface area (Å²) in [7, 11) is 1.39. The van der Waals surface area contributed by atoms with Crippen LogP contribution in [0.5, 0.6) is 0 Å². The second-order valence-corrected chi connectivity index (χ2v) is 6.43. The number of urea groups is 1. The maximum Gasteiger partial charge on any atom is 0.337 e. The zero-order valence-corrected chi connectivity index (χ0v) is 14.2. The minimum absolute atomic E-state index is 0.194. The van der Waals surface area contributed by atoms with Gasteiger partial charge < -0.3 is 14.5 Å². The first kappa shape index (κ1) is 16.8. The molecule has 0 saturated carbocycles. The van der Waals surface area contributed by atoms with Gasteiger partial charge in [0.25, 0.3) is 0 Å². The van der Waals surface area contributed by atoms with Crippen molar-refractivity contribution in [2.24, 2.45) is 0 Å². The van der Waals surface area contributed by atoms with Gasteiger partial charge in [-0.2, -0.15) is 0 Å². The molecule has 6 heteroatoms. The second kappa shape index (κ2) is 7.66. The van der Waals surface area contributed by atoms with Crippen LogP contribution in [-0.2, 0) is 11.3 Å². The van der Waals surface area contributed by atoms with Crippen LogP contribution >= 0.6 is 0 Å². The van der Waals surface area contributed by atoms with E-state index < -0.39 is 0 Å². The van der Waals surface area contributed by atoms with E-state index in [0.29, 0.717) is 5.56 Å². The highest BCUT2D eigenvalue weighted by Gasteiger charge is 2.26. The number of esters is 1. The minimum atomic E-state index is -0.308. The van der Waals surface area contributed by atoms with Crippen molar-refractivity contribution in [2.45, 2.75) is 19.4 Å². The van der Waals surface area contributed by atoms with E-state index in [9.17, 15) is 9.59 Å². The average molecular weight is 331 g/mol. The summed E-state index contributed by atoms with van der Waals surface area (Å²) in [6.07, 6.45) is 2.25. The number of carbonyl (C=O) groups is 2. The third-order valence-electron chi connectivity index (χ3n) is 4.77. The molecule has 0 bridgehead atoms. The van der Waals surface area contributed by atoms with Gasteiger partial charge in [-0.05, 0) is 30.5 Å². The Kier molecular flexibility index (Phi) is 5.35. The SMILES string of the molecule is COC(=O)c1cccc(CN2CCN(C(=O)N3CCCC3)CC2)c1. The monoisotopic (exact) mass is 331 g/mol. The van der Waals surface area contributed by atoms with E-state index in [4.69, 9.17) is 4.74 Å². The molecule has 130 valence electrons. The Hall–Kier alpha value is -2.08. The molecule has 6 nitrogen and oxygen atoms in total. The number of rotatable bonds is 3. The van der Waals surface area contributed by atoms with Crippen molar-refractivity contribution in [3.63, 3.8) is 0 Å². The van der Waals surface area contributed by atoms with E-state index in [-0.39, 0.29) is 12.0 Å². The average Bonchev–Trinajstić information content (AvgIpc) is 3.16. The number of hydrogen-bond donors (Lipinski definition) is 0. The van der Waals surface area contributed by atoms with Gasteiger partial charge in [0.1, 0.15) is 0 Å². The first-order chi connectivity index (χ1) is 11.7. The van der Waals surface area contributed by atoms with Crippen LogP contribution in [0.4, 0.5) is 4.79 Å². The van der Waals surface area contributed by atoms with Crippen molar-refractivity contribution in [3.8, 4) is 0 Å². The molecular formula is C18H25N3O3.